The molecule has 32 heavy (non-hydrogen) atoms. The third-order valence-corrected chi connectivity index (χ3v) is 5.53. The number of aromatic amines is 1. The molecule has 0 spiro atoms. The van der Waals surface area contributed by atoms with Crippen LogP contribution in [0, 0.1) is 13.8 Å². The molecule has 0 unspecified atom stereocenters. The zero-order valence-electron chi connectivity index (χ0n) is 18.1. The summed E-state index contributed by atoms with van der Waals surface area (Å²) in [5.41, 5.74) is 4.18. The molecule has 162 valence electrons. The molecule has 3 aromatic rings. The van der Waals surface area contributed by atoms with Gasteiger partial charge in [-0.3, -0.25) is 9.59 Å². The van der Waals surface area contributed by atoms with Crippen LogP contribution < -0.4 is 26.2 Å². The summed E-state index contributed by atoms with van der Waals surface area (Å²) in [5.74, 6) is -1.44. The largest absolute Gasteiger partial charge is 0.478 e. The molecule has 2 aromatic carbocycles. The van der Waals surface area contributed by atoms with Crippen molar-refractivity contribution in [3.8, 4) is 0 Å². The first-order chi connectivity index (χ1) is 15.2. The van der Waals surface area contributed by atoms with E-state index < -0.39 is 5.97 Å². The third kappa shape index (κ3) is 3.56. The molecule has 8 nitrogen and oxygen atoms in total. The van der Waals surface area contributed by atoms with E-state index in [0.29, 0.717) is 22.0 Å². The van der Waals surface area contributed by atoms with E-state index >= 15 is 0 Å². The molecule has 0 bridgehead atoms. The second kappa shape index (κ2) is 7.81. The lowest BCUT2D eigenvalue weighted by atomic mass is 10.0. The van der Waals surface area contributed by atoms with Crippen molar-refractivity contribution < 1.29 is 14.7 Å². The molecule has 1 aliphatic heterocycles. The second-order valence-electron chi connectivity index (χ2n) is 7.87. The number of rotatable bonds is 4. The number of benzene rings is 2. The molecule has 1 amide bonds. The van der Waals surface area contributed by atoms with Crippen molar-refractivity contribution in [1.29, 1.82) is 0 Å². The first-order valence-corrected chi connectivity index (χ1v) is 9.96. The van der Waals surface area contributed by atoms with E-state index in [1.807, 2.05) is 44.1 Å². The minimum Gasteiger partial charge on any atom is -0.478 e. The van der Waals surface area contributed by atoms with Gasteiger partial charge in [0.2, 0.25) is 0 Å². The number of H-pyrrole nitrogens is 1. The van der Waals surface area contributed by atoms with Gasteiger partial charge in [0, 0.05) is 25.0 Å². The molecule has 1 aromatic heterocycles. The zero-order chi connectivity index (χ0) is 23.2. The number of hydrogen-bond acceptors (Lipinski definition) is 5. The number of aryl methyl sites for hydroxylation is 1. The minimum absolute atomic E-state index is 0.107. The fraction of sp³-hybridized carbons (Fsp3) is 0.167. The Morgan fingerprint density at radius 1 is 1.09 bits per heavy atom. The maximum atomic E-state index is 13.1. The molecule has 1 aliphatic rings. The van der Waals surface area contributed by atoms with Gasteiger partial charge in [0.05, 0.1) is 16.8 Å². The van der Waals surface area contributed by atoms with Gasteiger partial charge < -0.3 is 15.0 Å². The Balaban J connectivity index is 1.79. The average molecular weight is 430 g/mol. The Morgan fingerprint density at radius 3 is 2.38 bits per heavy atom. The standard InChI is InChI=1S/C24H22N4O4/c1-13-11-18(27(3)4)10-7-16(13)12-19-14(2)20-21(25-22(19)29)26-28(23(20)30)17-8-5-15(6-9-17)24(31)32/h5-12H,1-4H3,(H,31,32)(H,25,26,29)/b19-12+. The van der Waals surface area contributed by atoms with E-state index in [2.05, 4.69) is 10.1 Å². The Bertz CT molecular complexity index is 1440. The lowest BCUT2D eigenvalue weighted by molar-refractivity contribution is 0.0696. The topological polar surface area (TPSA) is 106 Å². The number of nitrogens with zero attached hydrogens (tertiary/aromatic N) is 3. The summed E-state index contributed by atoms with van der Waals surface area (Å²) < 4.78 is 0. The SMILES string of the molecule is Cc1cc(N(C)C)ccc1/C=c1\c(C)c2c([nH]c1=O)=NN(c1ccc(C(=O)O)cc1)C2=O. The average Bonchev–Trinajstić information content (AvgIpc) is 3.08. The highest BCUT2D eigenvalue weighted by Crippen LogP contribution is 2.21. The van der Waals surface area contributed by atoms with Gasteiger partial charge >= 0.3 is 5.97 Å². The number of anilines is 2. The maximum Gasteiger partial charge on any atom is 0.335 e. The van der Waals surface area contributed by atoms with E-state index in [1.165, 1.54) is 29.3 Å². The predicted octanol–water partition coefficient (Wildman–Crippen LogP) is 1.78. The number of carbonyl (C=O) groups is 2. The van der Waals surface area contributed by atoms with Gasteiger partial charge in [0.25, 0.3) is 11.5 Å². The number of nitrogens with one attached hydrogen (secondary N) is 1. The first-order valence-electron chi connectivity index (χ1n) is 9.96. The van der Waals surface area contributed by atoms with Crippen LogP contribution in [0.15, 0.2) is 52.4 Å². The van der Waals surface area contributed by atoms with Crippen LogP contribution in [-0.4, -0.2) is 36.1 Å². The molecular weight excluding hydrogens is 408 g/mol. The number of aromatic carboxylic acids is 1. The molecule has 0 saturated heterocycles. The van der Waals surface area contributed by atoms with Crippen molar-refractivity contribution in [3.63, 3.8) is 0 Å². The molecular formula is C24H22N4O4. The van der Waals surface area contributed by atoms with Crippen LogP contribution in [0.1, 0.15) is 37.4 Å². The maximum absolute atomic E-state index is 13.1. The number of amides is 1. The fourth-order valence-corrected chi connectivity index (χ4v) is 3.66. The zero-order valence-corrected chi connectivity index (χ0v) is 18.1. The summed E-state index contributed by atoms with van der Waals surface area (Å²) in [4.78, 5) is 41.7. The Labute approximate surface area is 183 Å². The molecule has 0 atom stereocenters. The van der Waals surface area contributed by atoms with Crippen LogP contribution in [0.5, 0.6) is 0 Å². The van der Waals surface area contributed by atoms with Crippen LogP contribution in [0.3, 0.4) is 0 Å². The molecule has 0 fully saturated rings. The van der Waals surface area contributed by atoms with Gasteiger partial charge in [0.15, 0.2) is 5.49 Å². The number of carboxylic acids is 1. The molecule has 2 heterocycles. The fourth-order valence-electron chi connectivity index (χ4n) is 3.66. The van der Waals surface area contributed by atoms with Crippen molar-refractivity contribution in [3.05, 3.63) is 91.3 Å². The van der Waals surface area contributed by atoms with Crippen LogP contribution in [-0.2, 0) is 0 Å². The van der Waals surface area contributed by atoms with Crippen LogP contribution >= 0.6 is 0 Å². The van der Waals surface area contributed by atoms with Gasteiger partial charge in [-0.1, -0.05) is 6.07 Å². The predicted molar refractivity (Wildman–Crippen MR) is 122 cm³/mol. The highest BCUT2D eigenvalue weighted by molar-refractivity contribution is 6.08. The Hall–Kier alpha value is -4.20. The van der Waals surface area contributed by atoms with E-state index in [4.69, 9.17) is 5.11 Å². The first kappa shape index (κ1) is 21.0. The lowest BCUT2D eigenvalue weighted by Crippen LogP contribution is -2.38. The van der Waals surface area contributed by atoms with Crippen molar-refractivity contribution in [1.82, 2.24) is 4.98 Å². The number of hydrogen-bond donors (Lipinski definition) is 2. The van der Waals surface area contributed by atoms with E-state index in [0.717, 1.165) is 16.8 Å². The normalized spacial score (nSPS) is 13.2. The van der Waals surface area contributed by atoms with Gasteiger partial charge in [-0.25, -0.2) is 4.79 Å². The molecule has 2 N–H and O–H groups in total. The highest BCUT2D eigenvalue weighted by atomic mass is 16.4. The van der Waals surface area contributed by atoms with Crippen molar-refractivity contribution in [2.75, 3.05) is 24.0 Å². The number of carbonyl (C=O) groups excluding carboxylic acids is 1. The Morgan fingerprint density at radius 2 is 1.78 bits per heavy atom. The van der Waals surface area contributed by atoms with Crippen molar-refractivity contribution in [2.45, 2.75) is 13.8 Å². The van der Waals surface area contributed by atoms with Crippen molar-refractivity contribution >= 4 is 29.3 Å². The number of pyridine rings is 1. The van der Waals surface area contributed by atoms with E-state index in [9.17, 15) is 14.4 Å². The molecule has 4 rings (SSSR count). The monoisotopic (exact) mass is 430 g/mol. The van der Waals surface area contributed by atoms with Gasteiger partial charge in [-0.05, 0) is 73.0 Å². The molecule has 0 saturated carbocycles. The van der Waals surface area contributed by atoms with Crippen LogP contribution in [0.25, 0.3) is 6.08 Å². The molecule has 8 heteroatoms. The quantitative estimate of drug-likeness (QED) is 0.656. The summed E-state index contributed by atoms with van der Waals surface area (Å²) >= 11 is 0. The number of fused-ring (bicyclic) bond motifs is 1. The van der Waals surface area contributed by atoms with Gasteiger partial charge in [0.1, 0.15) is 0 Å². The smallest absolute Gasteiger partial charge is 0.335 e. The van der Waals surface area contributed by atoms with Crippen LogP contribution in [0.4, 0.5) is 11.4 Å². The highest BCUT2D eigenvalue weighted by Gasteiger charge is 2.28. The summed E-state index contributed by atoms with van der Waals surface area (Å²) in [7, 11) is 3.92. The summed E-state index contributed by atoms with van der Waals surface area (Å²) in [5, 5.41) is 14.9. The molecule has 0 aliphatic carbocycles. The third-order valence-electron chi connectivity index (χ3n) is 5.53. The summed E-state index contributed by atoms with van der Waals surface area (Å²) in [6, 6.07) is 11.8. The van der Waals surface area contributed by atoms with Gasteiger partial charge in [-0.15, -0.1) is 5.10 Å². The summed E-state index contributed by atoms with van der Waals surface area (Å²) in [6.45, 7) is 3.70. The number of aromatic nitrogens is 1. The summed E-state index contributed by atoms with van der Waals surface area (Å²) in [6.07, 6.45) is 1.78. The van der Waals surface area contributed by atoms with Crippen molar-refractivity contribution in [2.24, 2.45) is 5.10 Å². The number of carboxylic acid groups (broad SMARTS) is 1. The Kier molecular flexibility index (Phi) is 5.14. The van der Waals surface area contributed by atoms with E-state index in [-0.39, 0.29) is 22.5 Å². The van der Waals surface area contributed by atoms with Gasteiger partial charge in [-0.2, -0.15) is 5.01 Å². The lowest BCUT2D eigenvalue weighted by Gasteiger charge is -2.14. The van der Waals surface area contributed by atoms with Crippen LogP contribution in [0.2, 0.25) is 0 Å². The second-order valence-corrected chi connectivity index (χ2v) is 7.87. The van der Waals surface area contributed by atoms with E-state index in [1.54, 1.807) is 13.0 Å². The molecule has 0 radical (unpaired) electrons. The minimum atomic E-state index is -1.06.